The van der Waals surface area contributed by atoms with Crippen molar-refractivity contribution >= 4 is 0 Å². The highest BCUT2D eigenvalue weighted by atomic mass is 16.5. The van der Waals surface area contributed by atoms with Crippen molar-refractivity contribution in [1.82, 2.24) is 0 Å². The van der Waals surface area contributed by atoms with Crippen LogP contribution in [0.25, 0.3) is 0 Å². The third-order valence-electron chi connectivity index (χ3n) is 3.62. The Labute approximate surface area is 109 Å². The highest BCUT2D eigenvalue weighted by Gasteiger charge is 2.37. The number of nitrogens with two attached hydrogens (primary N) is 1. The van der Waals surface area contributed by atoms with Crippen molar-refractivity contribution in [2.24, 2.45) is 5.73 Å². The molecule has 2 N–H and O–H groups in total. The first kappa shape index (κ1) is 13.4. The number of benzene rings is 1. The summed E-state index contributed by atoms with van der Waals surface area (Å²) in [6.07, 6.45) is 3.38. The fraction of sp³-hybridized carbons (Fsp3) is 0.600. The second-order valence-corrected chi connectivity index (χ2v) is 5.24. The van der Waals surface area contributed by atoms with Crippen molar-refractivity contribution in [3.8, 4) is 5.75 Å². The summed E-state index contributed by atoms with van der Waals surface area (Å²) in [4.78, 5) is 0. The number of rotatable bonds is 4. The average Bonchev–Trinajstić information content (AvgIpc) is 2.37. The van der Waals surface area contributed by atoms with Gasteiger partial charge < -0.3 is 15.2 Å². The van der Waals surface area contributed by atoms with E-state index in [9.17, 15) is 0 Å². The van der Waals surface area contributed by atoms with Gasteiger partial charge in [-0.2, -0.15) is 0 Å². The monoisotopic (exact) mass is 249 g/mol. The maximum Gasteiger partial charge on any atom is 0.119 e. The van der Waals surface area contributed by atoms with Gasteiger partial charge in [0.25, 0.3) is 0 Å². The standard InChI is InChI=1S/C15H23NO2/c1-11(2)18-15(10-16)8-4-5-12-9-13(17-3)6-7-14(12)15/h6-7,9,11H,4-5,8,10,16H2,1-3H3. The second kappa shape index (κ2) is 5.29. The van der Waals surface area contributed by atoms with Crippen LogP contribution in [0, 0.1) is 0 Å². The van der Waals surface area contributed by atoms with Crippen LogP contribution in [0.1, 0.15) is 37.8 Å². The second-order valence-electron chi connectivity index (χ2n) is 5.24. The number of fused-ring (bicyclic) bond motifs is 1. The molecule has 0 bridgehead atoms. The van der Waals surface area contributed by atoms with E-state index in [-0.39, 0.29) is 11.7 Å². The molecule has 0 amide bonds. The Hall–Kier alpha value is -1.06. The lowest BCUT2D eigenvalue weighted by Crippen LogP contribution is -2.42. The summed E-state index contributed by atoms with van der Waals surface area (Å²) in [5.74, 6) is 0.908. The fourth-order valence-corrected chi connectivity index (χ4v) is 2.88. The summed E-state index contributed by atoms with van der Waals surface area (Å²) in [6, 6.07) is 6.23. The minimum atomic E-state index is -0.311. The molecule has 3 heteroatoms. The van der Waals surface area contributed by atoms with Crippen molar-refractivity contribution in [2.75, 3.05) is 13.7 Å². The van der Waals surface area contributed by atoms with E-state index in [1.165, 1.54) is 11.1 Å². The molecule has 1 aliphatic carbocycles. The molecule has 0 aromatic heterocycles. The van der Waals surface area contributed by atoms with E-state index in [4.69, 9.17) is 15.2 Å². The summed E-state index contributed by atoms with van der Waals surface area (Å²) >= 11 is 0. The average molecular weight is 249 g/mol. The van der Waals surface area contributed by atoms with Gasteiger partial charge in [-0.05, 0) is 56.4 Å². The van der Waals surface area contributed by atoms with Crippen LogP contribution < -0.4 is 10.5 Å². The van der Waals surface area contributed by atoms with Crippen molar-refractivity contribution in [2.45, 2.75) is 44.8 Å². The minimum Gasteiger partial charge on any atom is -0.497 e. The molecule has 1 aliphatic rings. The lowest BCUT2D eigenvalue weighted by Gasteiger charge is -2.39. The molecule has 1 aromatic carbocycles. The highest BCUT2D eigenvalue weighted by Crippen LogP contribution is 2.39. The SMILES string of the molecule is COc1ccc2c(c1)CCCC2(CN)OC(C)C. The molecule has 0 heterocycles. The van der Waals surface area contributed by atoms with E-state index in [0.29, 0.717) is 6.54 Å². The zero-order valence-corrected chi connectivity index (χ0v) is 11.5. The van der Waals surface area contributed by atoms with Gasteiger partial charge in [-0.25, -0.2) is 0 Å². The predicted octanol–water partition coefficient (Wildman–Crippen LogP) is 2.61. The molecule has 0 spiro atoms. The van der Waals surface area contributed by atoms with Crippen molar-refractivity contribution in [3.63, 3.8) is 0 Å². The van der Waals surface area contributed by atoms with Crippen LogP contribution in [0.2, 0.25) is 0 Å². The molecule has 18 heavy (non-hydrogen) atoms. The van der Waals surface area contributed by atoms with E-state index in [1.807, 2.05) is 6.07 Å². The Morgan fingerprint density at radius 3 is 2.78 bits per heavy atom. The van der Waals surface area contributed by atoms with E-state index in [0.717, 1.165) is 25.0 Å². The van der Waals surface area contributed by atoms with Gasteiger partial charge in [0.1, 0.15) is 11.4 Å². The van der Waals surface area contributed by atoms with Crippen LogP contribution in [0.3, 0.4) is 0 Å². The molecule has 1 unspecified atom stereocenters. The molecule has 0 radical (unpaired) electrons. The Balaban J connectivity index is 2.42. The Morgan fingerprint density at radius 2 is 2.17 bits per heavy atom. The maximum atomic E-state index is 6.16. The molecule has 1 aromatic rings. The molecule has 0 saturated carbocycles. The zero-order chi connectivity index (χ0) is 13.2. The molecule has 0 aliphatic heterocycles. The molecule has 3 nitrogen and oxygen atoms in total. The molecule has 0 saturated heterocycles. The van der Waals surface area contributed by atoms with Gasteiger partial charge in [0.15, 0.2) is 0 Å². The summed E-state index contributed by atoms with van der Waals surface area (Å²) in [5, 5.41) is 0. The van der Waals surface area contributed by atoms with Crippen LogP contribution in [0.15, 0.2) is 18.2 Å². The zero-order valence-electron chi connectivity index (χ0n) is 11.5. The van der Waals surface area contributed by atoms with Gasteiger partial charge in [-0.15, -0.1) is 0 Å². The van der Waals surface area contributed by atoms with Gasteiger partial charge in [0, 0.05) is 6.54 Å². The van der Waals surface area contributed by atoms with Crippen LogP contribution in [0.5, 0.6) is 5.75 Å². The van der Waals surface area contributed by atoms with E-state index in [1.54, 1.807) is 7.11 Å². The first-order valence-corrected chi connectivity index (χ1v) is 6.66. The van der Waals surface area contributed by atoms with Crippen molar-refractivity contribution in [3.05, 3.63) is 29.3 Å². The molecular formula is C15H23NO2. The third-order valence-corrected chi connectivity index (χ3v) is 3.62. The minimum absolute atomic E-state index is 0.182. The van der Waals surface area contributed by atoms with Crippen molar-refractivity contribution < 1.29 is 9.47 Å². The Bertz CT molecular complexity index is 417. The molecular weight excluding hydrogens is 226 g/mol. The van der Waals surface area contributed by atoms with Crippen LogP contribution in [0.4, 0.5) is 0 Å². The van der Waals surface area contributed by atoms with Gasteiger partial charge in [-0.3, -0.25) is 0 Å². The van der Waals surface area contributed by atoms with Gasteiger partial charge in [0.05, 0.1) is 13.2 Å². The molecule has 1 atom stereocenters. The van der Waals surface area contributed by atoms with Crippen molar-refractivity contribution in [1.29, 1.82) is 0 Å². The number of hydrogen-bond acceptors (Lipinski definition) is 3. The maximum absolute atomic E-state index is 6.16. The lowest BCUT2D eigenvalue weighted by molar-refractivity contribution is -0.0896. The topological polar surface area (TPSA) is 44.5 Å². The number of aryl methyl sites for hydroxylation is 1. The summed E-state index contributed by atoms with van der Waals surface area (Å²) < 4.78 is 11.5. The third kappa shape index (κ3) is 2.38. The van der Waals surface area contributed by atoms with Crippen LogP contribution in [-0.2, 0) is 16.8 Å². The normalized spacial score (nSPS) is 22.9. The Morgan fingerprint density at radius 1 is 1.39 bits per heavy atom. The molecule has 2 rings (SSSR count). The summed E-state index contributed by atoms with van der Waals surface area (Å²) in [7, 11) is 1.70. The van der Waals surface area contributed by atoms with E-state index in [2.05, 4.69) is 26.0 Å². The van der Waals surface area contributed by atoms with Gasteiger partial charge in [-0.1, -0.05) is 6.07 Å². The van der Waals surface area contributed by atoms with Gasteiger partial charge >= 0.3 is 0 Å². The highest BCUT2D eigenvalue weighted by molar-refractivity contribution is 5.41. The molecule has 0 fully saturated rings. The number of hydrogen-bond donors (Lipinski definition) is 1. The molecule has 100 valence electrons. The number of ether oxygens (including phenoxy) is 2. The van der Waals surface area contributed by atoms with Gasteiger partial charge in [0.2, 0.25) is 0 Å². The lowest BCUT2D eigenvalue weighted by atomic mass is 9.78. The number of methoxy groups -OCH3 is 1. The summed E-state index contributed by atoms with van der Waals surface area (Å²) in [5.41, 5.74) is 8.26. The van der Waals surface area contributed by atoms with E-state index >= 15 is 0 Å². The van der Waals surface area contributed by atoms with E-state index < -0.39 is 0 Å². The first-order valence-electron chi connectivity index (χ1n) is 6.66. The summed E-state index contributed by atoms with van der Waals surface area (Å²) in [6.45, 7) is 4.66. The predicted molar refractivity (Wildman–Crippen MR) is 72.9 cm³/mol. The first-order chi connectivity index (χ1) is 8.61. The van der Waals surface area contributed by atoms with Crippen LogP contribution >= 0.6 is 0 Å². The smallest absolute Gasteiger partial charge is 0.119 e. The Kier molecular flexibility index (Phi) is 3.93. The fourth-order valence-electron chi connectivity index (χ4n) is 2.88. The van der Waals surface area contributed by atoms with Crippen LogP contribution in [-0.4, -0.2) is 19.8 Å². The largest absolute Gasteiger partial charge is 0.497 e. The quantitative estimate of drug-likeness (QED) is 0.892.